The van der Waals surface area contributed by atoms with Crippen molar-refractivity contribution >= 4 is 28.4 Å². The van der Waals surface area contributed by atoms with E-state index in [2.05, 4.69) is 5.32 Å². The minimum atomic E-state index is -0.0400. The van der Waals surface area contributed by atoms with Gasteiger partial charge in [0, 0.05) is 29.3 Å². The van der Waals surface area contributed by atoms with E-state index in [1.165, 1.54) is 0 Å². The van der Waals surface area contributed by atoms with E-state index in [0.29, 0.717) is 11.6 Å². The number of halogens is 1. The molecule has 2 aromatic rings. The summed E-state index contributed by atoms with van der Waals surface area (Å²) in [5.41, 5.74) is 3.70. The van der Waals surface area contributed by atoms with Crippen LogP contribution in [0, 0.1) is 0 Å². The van der Waals surface area contributed by atoms with Crippen LogP contribution in [0.5, 0.6) is 0 Å². The van der Waals surface area contributed by atoms with Crippen molar-refractivity contribution in [1.82, 2.24) is 10.3 Å². The first-order chi connectivity index (χ1) is 11.2. The van der Waals surface area contributed by atoms with E-state index in [1.807, 2.05) is 18.2 Å². The highest BCUT2D eigenvalue weighted by molar-refractivity contribution is 6.31. The summed E-state index contributed by atoms with van der Waals surface area (Å²) in [6.07, 6.45) is 5.45. The normalized spacial score (nSPS) is 13.3. The third-order valence-corrected chi connectivity index (χ3v) is 4.56. The summed E-state index contributed by atoms with van der Waals surface area (Å²) < 4.78 is 0. The van der Waals surface area contributed by atoms with Crippen molar-refractivity contribution in [2.45, 2.75) is 38.5 Å². The predicted octanol–water partition coefficient (Wildman–Crippen LogP) is 3.27. The highest BCUT2D eigenvalue weighted by Gasteiger charge is 2.23. The fourth-order valence-electron chi connectivity index (χ4n) is 3.20. The van der Waals surface area contributed by atoms with Gasteiger partial charge >= 0.3 is 0 Å². The van der Waals surface area contributed by atoms with E-state index in [9.17, 15) is 4.79 Å². The second-order valence-corrected chi connectivity index (χ2v) is 6.40. The number of nitrogens with zero attached hydrogens (tertiary/aromatic N) is 1. The molecular formula is C18H21ClN2O2. The van der Waals surface area contributed by atoms with Gasteiger partial charge in [0.15, 0.2) is 0 Å². The van der Waals surface area contributed by atoms with Gasteiger partial charge in [-0.1, -0.05) is 11.6 Å². The molecule has 1 aromatic heterocycles. The van der Waals surface area contributed by atoms with Gasteiger partial charge in [0.05, 0.1) is 11.1 Å². The van der Waals surface area contributed by atoms with Crippen molar-refractivity contribution in [3.63, 3.8) is 0 Å². The molecule has 0 saturated carbocycles. The van der Waals surface area contributed by atoms with Crippen LogP contribution < -0.4 is 5.32 Å². The maximum atomic E-state index is 12.7. The molecule has 0 fully saturated rings. The lowest BCUT2D eigenvalue weighted by molar-refractivity contribution is 0.0953. The summed E-state index contributed by atoms with van der Waals surface area (Å²) in [6.45, 7) is 0.826. The standard InChI is InChI=1S/C18H21ClN2O2/c19-12-7-8-16-14(11-12)17(13-5-4-6-15(13)21-16)18(23)20-9-2-1-3-10-22/h7-8,11,22H,1-6,9-10H2,(H,20,23). The molecule has 0 radical (unpaired) electrons. The van der Waals surface area contributed by atoms with E-state index >= 15 is 0 Å². The summed E-state index contributed by atoms with van der Waals surface area (Å²) in [7, 11) is 0. The number of hydrogen-bond donors (Lipinski definition) is 2. The maximum absolute atomic E-state index is 12.7. The lowest BCUT2D eigenvalue weighted by Gasteiger charge is -2.13. The molecule has 23 heavy (non-hydrogen) atoms. The minimum absolute atomic E-state index is 0.0400. The molecule has 4 nitrogen and oxygen atoms in total. The van der Waals surface area contributed by atoms with Crippen molar-refractivity contribution in [1.29, 1.82) is 0 Å². The zero-order valence-electron chi connectivity index (χ0n) is 13.1. The fraction of sp³-hybridized carbons (Fsp3) is 0.444. The van der Waals surface area contributed by atoms with Gasteiger partial charge in [0.1, 0.15) is 0 Å². The van der Waals surface area contributed by atoms with E-state index in [-0.39, 0.29) is 12.5 Å². The average molecular weight is 333 g/mol. The van der Waals surface area contributed by atoms with Crippen molar-refractivity contribution in [3.05, 3.63) is 40.0 Å². The molecule has 0 atom stereocenters. The first-order valence-corrected chi connectivity index (χ1v) is 8.58. The second kappa shape index (κ2) is 7.28. The SMILES string of the molecule is O=C(NCCCCCO)c1c2c(nc3ccc(Cl)cc13)CCC2. The minimum Gasteiger partial charge on any atom is -0.396 e. The summed E-state index contributed by atoms with van der Waals surface area (Å²) in [4.78, 5) is 17.4. The Balaban J connectivity index is 1.89. The number of unbranched alkanes of at least 4 members (excludes halogenated alkanes) is 2. The quantitative estimate of drug-likeness (QED) is 0.798. The predicted molar refractivity (Wildman–Crippen MR) is 92.0 cm³/mol. The van der Waals surface area contributed by atoms with Gasteiger partial charge in [-0.2, -0.15) is 0 Å². The number of rotatable bonds is 6. The number of nitrogens with one attached hydrogen (secondary N) is 1. The largest absolute Gasteiger partial charge is 0.396 e. The first kappa shape index (κ1) is 16.2. The zero-order valence-corrected chi connectivity index (χ0v) is 13.8. The summed E-state index contributed by atoms with van der Waals surface area (Å²) >= 11 is 6.12. The molecular weight excluding hydrogens is 312 g/mol. The van der Waals surface area contributed by atoms with Gasteiger partial charge in [0.2, 0.25) is 0 Å². The summed E-state index contributed by atoms with van der Waals surface area (Å²) in [6, 6.07) is 5.53. The van der Waals surface area contributed by atoms with Crippen LogP contribution in [0.3, 0.4) is 0 Å². The lowest BCUT2D eigenvalue weighted by atomic mass is 10.0. The van der Waals surface area contributed by atoms with Gasteiger partial charge < -0.3 is 10.4 Å². The Labute approximate surface area is 140 Å². The highest BCUT2D eigenvalue weighted by Crippen LogP contribution is 2.31. The van der Waals surface area contributed by atoms with Crippen LogP contribution in [0.4, 0.5) is 0 Å². The molecule has 0 unspecified atom stereocenters. The number of pyridine rings is 1. The molecule has 1 heterocycles. The highest BCUT2D eigenvalue weighted by atomic mass is 35.5. The number of amides is 1. The summed E-state index contributed by atoms with van der Waals surface area (Å²) in [5.74, 6) is -0.0400. The molecule has 5 heteroatoms. The first-order valence-electron chi connectivity index (χ1n) is 8.21. The topological polar surface area (TPSA) is 62.2 Å². The van der Waals surface area contributed by atoms with Crippen LogP contribution in [-0.2, 0) is 12.8 Å². The molecule has 1 aliphatic rings. The zero-order chi connectivity index (χ0) is 16.2. The van der Waals surface area contributed by atoms with Crippen LogP contribution in [0.25, 0.3) is 10.9 Å². The van der Waals surface area contributed by atoms with Crippen LogP contribution in [0.2, 0.25) is 5.02 Å². The van der Waals surface area contributed by atoms with Crippen molar-refractivity contribution in [2.24, 2.45) is 0 Å². The van der Waals surface area contributed by atoms with Crippen LogP contribution in [0.15, 0.2) is 18.2 Å². The maximum Gasteiger partial charge on any atom is 0.252 e. The Morgan fingerprint density at radius 1 is 1.26 bits per heavy atom. The van der Waals surface area contributed by atoms with Gasteiger partial charge in [-0.05, 0) is 62.3 Å². The van der Waals surface area contributed by atoms with E-state index in [4.69, 9.17) is 21.7 Å². The van der Waals surface area contributed by atoms with Gasteiger partial charge in [-0.15, -0.1) is 0 Å². The van der Waals surface area contributed by atoms with E-state index in [0.717, 1.165) is 66.2 Å². The average Bonchev–Trinajstić information content (AvgIpc) is 3.00. The van der Waals surface area contributed by atoms with E-state index in [1.54, 1.807) is 0 Å². The van der Waals surface area contributed by atoms with Crippen molar-refractivity contribution < 1.29 is 9.90 Å². The monoisotopic (exact) mass is 332 g/mol. The molecule has 1 amide bonds. The van der Waals surface area contributed by atoms with Gasteiger partial charge in [-0.25, -0.2) is 0 Å². The van der Waals surface area contributed by atoms with Crippen molar-refractivity contribution in [3.8, 4) is 0 Å². The number of hydrogen-bond acceptors (Lipinski definition) is 3. The number of carbonyl (C=O) groups is 1. The number of carbonyl (C=O) groups excluding carboxylic acids is 1. The van der Waals surface area contributed by atoms with Crippen LogP contribution in [-0.4, -0.2) is 29.1 Å². The molecule has 0 saturated heterocycles. The lowest BCUT2D eigenvalue weighted by Crippen LogP contribution is -2.26. The molecule has 122 valence electrons. The number of aryl methyl sites for hydroxylation is 1. The third-order valence-electron chi connectivity index (χ3n) is 4.32. The smallest absolute Gasteiger partial charge is 0.252 e. The number of fused-ring (bicyclic) bond motifs is 2. The fourth-order valence-corrected chi connectivity index (χ4v) is 3.37. The molecule has 0 spiro atoms. The second-order valence-electron chi connectivity index (χ2n) is 5.97. The summed E-state index contributed by atoms with van der Waals surface area (Å²) in [5, 5.41) is 13.3. The van der Waals surface area contributed by atoms with Crippen LogP contribution >= 0.6 is 11.6 Å². The Bertz CT molecular complexity index is 731. The number of aliphatic hydroxyl groups is 1. The van der Waals surface area contributed by atoms with Crippen LogP contribution in [0.1, 0.15) is 47.3 Å². The Morgan fingerprint density at radius 3 is 2.96 bits per heavy atom. The Kier molecular flexibility index (Phi) is 5.13. The Hall–Kier alpha value is -1.65. The molecule has 1 aliphatic carbocycles. The van der Waals surface area contributed by atoms with Gasteiger partial charge in [-0.3, -0.25) is 9.78 Å². The molecule has 3 rings (SSSR count). The number of benzene rings is 1. The molecule has 1 aromatic carbocycles. The Morgan fingerprint density at radius 2 is 2.13 bits per heavy atom. The number of aliphatic hydroxyl groups excluding tert-OH is 1. The third kappa shape index (κ3) is 3.48. The molecule has 2 N–H and O–H groups in total. The van der Waals surface area contributed by atoms with Gasteiger partial charge in [0.25, 0.3) is 5.91 Å². The number of aromatic nitrogens is 1. The van der Waals surface area contributed by atoms with Crippen molar-refractivity contribution in [2.75, 3.05) is 13.2 Å². The molecule has 0 aliphatic heterocycles. The molecule has 0 bridgehead atoms. The van der Waals surface area contributed by atoms with E-state index < -0.39 is 0 Å².